The fraction of sp³-hybridized carbons (Fsp3) is 0.222. The number of benzene rings is 2. The van der Waals surface area contributed by atoms with Gasteiger partial charge in [0, 0.05) is 22.0 Å². The standard InChI is InChI=1S/C18H20N2S/c1-2-11-21-18-6-4-3-5-17(18)20-16-10-7-13-12-14(19)8-9-15(13)16/h2-6,8-9,12,16,20H,1,7,10-11,19H2. The van der Waals surface area contributed by atoms with E-state index < -0.39 is 0 Å². The van der Waals surface area contributed by atoms with Crippen molar-refractivity contribution in [1.82, 2.24) is 0 Å². The molecule has 3 rings (SSSR count). The molecule has 0 spiro atoms. The lowest BCUT2D eigenvalue weighted by Gasteiger charge is -2.18. The summed E-state index contributed by atoms with van der Waals surface area (Å²) in [6.07, 6.45) is 4.16. The first-order valence-corrected chi connectivity index (χ1v) is 8.24. The lowest BCUT2D eigenvalue weighted by Crippen LogP contribution is -2.08. The van der Waals surface area contributed by atoms with Crippen molar-refractivity contribution >= 4 is 23.1 Å². The number of nitrogen functional groups attached to an aromatic ring is 1. The van der Waals surface area contributed by atoms with Crippen molar-refractivity contribution in [2.75, 3.05) is 16.8 Å². The number of fused-ring (bicyclic) bond motifs is 1. The average Bonchev–Trinajstić information content (AvgIpc) is 2.88. The average molecular weight is 296 g/mol. The van der Waals surface area contributed by atoms with E-state index in [1.807, 2.05) is 23.9 Å². The van der Waals surface area contributed by atoms with Crippen LogP contribution in [0.25, 0.3) is 0 Å². The van der Waals surface area contributed by atoms with Gasteiger partial charge in [-0.15, -0.1) is 18.3 Å². The van der Waals surface area contributed by atoms with Crippen molar-refractivity contribution < 1.29 is 0 Å². The molecule has 3 heteroatoms. The maximum absolute atomic E-state index is 5.87. The Hall–Kier alpha value is -1.87. The van der Waals surface area contributed by atoms with Crippen LogP contribution in [-0.4, -0.2) is 5.75 Å². The minimum Gasteiger partial charge on any atom is -0.399 e. The van der Waals surface area contributed by atoms with Gasteiger partial charge in [-0.1, -0.05) is 24.3 Å². The zero-order valence-electron chi connectivity index (χ0n) is 12.0. The van der Waals surface area contributed by atoms with Gasteiger partial charge in [0.05, 0.1) is 6.04 Å². The molecule has 1 atom stereocenters. The molecule has 1 unspecified atom stereocenters. The number of hydrogen-bond acceptors (Lipinski definition) is 3. The molecule has 0 saturated heterocycles. The summed E-state index contributed by atoms with van der Waals surface area (Å²) in [6.45, 7) is 3.79. The summed E-state index contributed by atoms with van der Waals surface area (Å²) in [4.78, 5) is 1.28. The van der Waals surface area contributed by atoms with Gasteiger partial charge in [-0.05, 0) is 48.2 Å². The summed E-state index contributed by atoms with van der Waals surface area (Å²) in [7, 11) is 0. The predicted molar refractivity (Wildman–Crippen MR) is 92.9 cm³/mol. The zero-order valence-corrected chi connectivity index (χ0v) is 12.8. The molecule has 0 bridgehead atoms. The minimum absolute atomic E-state index is 0.381. The van der Waals surface area contributed by atoms with Crippen molar-refractivity contribution in [3.63, 3.8) is 0 Å². The summed E-state index contributed by atoms with van der Waals surface area (Å²) in [6, 6.07) is 15.1. The van der Waals surface area contributed by atoms with Gasteiger partial charge in [0.15, 0.2) is 0 Å². The lowest BCUT2D eigenvalue weighted by atomic mass is 10.1. The van der Waals surface area contributed by atoms with E-state index in [1.54, 1.807) is 0 Å². The van der Waals surface area contributed by atoms with E-state index in [-0.39, 0.29) is 0 Å². The van der Waals surface area contributed by atoms with Crippen LogP contribution in [0, 0.1) is 0 Å². The first-order valence-electron chi connectivity index (χ1n) is 7.25. The first-order chi connectivity index (χ1) is 10.3. The highest BCUT2D eigenvalue weighted by atomic mass is 32.2. The molecular formula is C18H20N2S. The van der Waals surface area contributed by atoms with Gasteiger partial charge in [0.25, 0.3) is 0 Å². The second kappa shape index (κ2) is 6.27. The van der Waals surface area contributed by atoms with E-state index in [2.05, 4.69) is 48.3 Å². The van der Waals surface area contributed by atoms with Crippen LogP contribution in [0.15, 0.2) is 60.0 Å². The molecule has 2 nitrogen and oxygen atoms in total. The molecule has 0 fully saturated rings. The first kappa shape index (κ1) is 14.1. The predicted octanol–water partition coefficient (Wildman–Crippen LogP) is 4.65. The maximum atomic E-state index is 5.87. The third-order valence-electron chi connectivity index (χ3n) is 3.82. The molecular weight excluding hydrogens is 276 g/mol. The molecule has 1 aliphatic rings. The van der Waals surface area contributed by atoms with Crippen LogP contribution in [0.2, 0.25) is 0 Å². The topological polar surface area (TPSA) is 38.0 Å². The number of nitrogens with two attached hydrogens (primary N) is 1. The summed E-state index contributed by atoms with van der Waals surface area (Å²) in [5.74, 6) is 0.927. The van der Waals surface area contributed by atoms with E-state index in [9.17, 15) is 0 Å². The molecule has 21 heavy (non-hydrogen) atoms. The largest absolute Gasteiger partial charge is 0.399 e. The van der Waals surface area contributed by atoms with E-state index in [0.717, 1.165) is 24.3 Å². The quantitative estimate of drug-likeness (QED) is 0.479. The number of para-hydroxylation sites is 1. The Bertz CT molecular complexity index is 651. The number of anilines is 2. The van der Waals surface area contributed by atoms with Gasteiger partial charge < -0.3 is 11.1 Å². The van der Waals surface area contributed by atoms with E-state index in [0.29, 0.717) is 6.04 Å². The Kier molecular flexibility index (Phi) is 4.20. The van der Waals surface area contributed by atoms with E-state index >= 15 is 0 Å². The zero-order chi connectivity index (χ0) is 14.7. The molecule has 2 aromatic rings. The highest BCUT2D eigenvalue weighted by Crippen LogP contribution is 2.37. The minimum atomic E-state index is 0.381. The molecule has 0 amide bonds. The van der Waals surface area contributed by atoms with Crippen LogP contribution in [0.4, 0.5) is 11.4 Å². The molecule has 0 aromatic heterocycles. The lowest BCUT2D eigenvalue weighted by molar-refractivity contribution is 0.759. The number of nitrogens with one attached hydrogen (secondary N) is 1. The van der Waals surface area contributed by atoms with Crippen molar-refractivity contribution in [3.8, 4) is 0 Å². The second-order valence-corrected chi connectivity index (χ2v) is 6.35. The van der Waals surface area contributed by atoms with Crippen molar-refractivity contribution in [2.45, 2.75) is 23.8 Å². The molecule has 0 aliphatic heterocycles. The monoisotopic (exact) mass is 296 g/mol. The van der Waals surface area contributed by atoms with E-state index in [1.165, 1.54) is 21.7 Å². The van der Waals surface area contributed by atoms with Crippen molar-refractivity contribution in [1.29, 1.82) is 0 Å². The van der Waals surface area contributed by atoms with Crippen LogP contribution >= 0.6 is 11.8 Å². The molecule has 0 saturated carbocycles. The summed E-state index contributed by atoms with van der Waals surface area (Å²) in [5.41, 5.74) is 10.7. The Morgan fingerprint density at radius 1 is 1.29 bits per heavy atom. The summed E-state index contributed by atoms with van der Waals surface area (Å²) >= 11 is 1.81. The van der Waals surface area contributed by atoms with Crippen LogP contribution in [0.1, 0.15) is 23.6 Å². The summed E-state index contributed by atoms with van der Waals surface area (Å²) in [5, 5.41) is 3.70. The number of rotatable bonds is 5. The van der Waals surface area contributed by atoms with Crippen LogP contribution in [-0.2, 0) is 6.42 Å². The molecule has 0 heterocycles. The normalized spacial score (nSPS) is 16.5. The van der Waals surface area contributed by atoms with E-state index in [4.69, 9.17) is 5.73 Å². The maximum Gasteiger partial charge on any atom is 0.0520 e. The SMILES string of the molecule is C=CCSc1ccccc1NC1CCc2cc(N)ccc21. The van der Waals surface area contributed by atoms with Gasteiger partial charge in [0.1, 0.15) is 0 Å². The number of hydrogen-bond donors (Lipinski definition) is 2. The van der Waals surface area contributed by atoms with Gasteiger partial charge in [0.2, 0.25) is 0 Å². The van der Waals surface area contributed by atoms with Crippen molar-refractivity contribution in [3.05, 3.63) is 66.2 Å². The van der Waals surface area contributed by atoms with Gasteiger partial charge >= 0.3 is 0 Å². The van der Waals surface area contributed by atoms with Gasteiger partial charge in [-0.25, -0.2) is 0 Å². The highest BCUT2D eigenvalue weighted by Gasteiger charge is 2.22. The second-order valence-electron chi connectivity index (χ2n) is 5.29. The Morgan fingerprint density at radius 2 is 2.14 bits per heavy atom. The molecule has 2 aromatic carbocycles. The highest BCUT2D eigenvalue weighted by molar-refractivity contribution is 7.99. The number of aryl methyl sites for hydroxylation is 1. The van der Waals surface area contributed by atoms with Crippen LogP contribution in [0.5, 0.6) is 0 Å². The molecule has 3 N–H and O–H groups in total. The smallest absolute Gasteiger partial charge is 0.0520 e. The fourth-order valence-corrected chi connectivity index (χ4v) is 3.59. The Labute approximate surface area is 130 Å². The molecule has 108 valence electrons. The summed E-state index contributed by atoms with van der Waals surface area (Å²) < 4.78 is 0. The Morgan fingerprint density at radius 3 is 3.00 bits per heavy atom. The van der Waals surface area contributed by atoms with Crippen LogP contribution < -0.4 is 11.1 Å². The third-order valence-corrected chi connectivity index (χ3v) is 4.89. The molecule has 1 aliphatic carbocycles. The van der Waals surface area contributed by atoms with Crippen molar-refractivity contribution in [2.24, 2.45) is 0 Å². The number of thioether (sulfide) groups is 1. The van der Waals surface area contributed by atoms with Crippen LogP contribution in [0.3, 0.4) is 0 Å². The van der Waals surface area contributed by atoms with Gasteiger partial charge in [-0.3, -0.25) is 0 Å². The molecule has 0 radical (unpaired) electrons. The third kappa shape index (κ3) is 3.08. The van der Waals surface area contributed by atoms with Gasteiger partial charge in [-0.2, -0.15) is 0 Å². The fourth-order valence-electron chi connectivity index (χ4n) is 2.84. The Balaban J connectivity index is 1.81.